The quantitative estimate of drug-likeness (QED) is 0.0615. The van der Waals surface area contributed by atoms with Crippen LogP contribution < -0.4 is 18.5 Å². The fourth-order valence-electron chi connectivity index (χ4n) is 5.69. The number of aromatic nitrogens is 4. The molecule has 15 nitrogen and oxygen atoms in total. The van der Waals surface area contributed by atoms with Gasteiger partial charge in [0, 0.05) is 31.9 Å². The third kappa shape index (κ3) is 12.0. The number of ether oxygens (including phenoxy) is 3. The van der Waals surface area contributed by atoms with E-state index in [2.05, 4.69) is 24.7 Å². The SMILES string of the molecule is COCN(c1cc(Cl)cnc1C(=O)c1cccnc1OC)S(=O)(=O)c1ccc(Cl)c(C(F)(F)F)c1.COc1ncccc1C(=O)c1ncc(Cl)cc1NS(=O)(=O)c1ccc(Cl)c(C(F)(F)F)c1. The third-order valence-corrected chi connectivity index (χ3v) is 12.8. The summed E-state index contributed by atoms with van der Waals surface area (Å²) in [6.07, 6.45) is -4.80. The van der Waals surface area contributed by atoms with Crippen molar-refractivity contribution in [3.05, 3.63) is 151 Å². The summed E-state index contributed by atoms with van der Waals surface area (Å²) in [7, 11) is -5.59. The largest absolute Gasteiger partial charge is 0.480 e. The molecule has 0 radical (unpaired) electrons. The van der Waals surface area contributed by atoms with E-state index in [1.54, 1.807) is 0 Å². The summed E-state index contributed by atoms with van der Waals surface area (Å²) in [5, 5.41) is -1.42. The lowest BCUT2D eigenvalue weighted by atomic mass is 10.1. The van der Waals surface area contributed by atoms with Crippen LogP contribution in [0.5, 0.6) is 11.8 Å². The first-order chi connectivity index (χ1) is 31.3. The summed E-state index contributed by atoms with van der Waals surface area (Å²) < 4.78 is 150. The number of anilines is 2. The lowest BCUT2D eigenvalue weighted by Crippen LogP contribution is -2.34. The second-order valence-corrected chi connectivity index (χ2v) is 18.2. The van der Waals surface area contributed by atoms with Gasteiger partial charge in [-0.2, -0.15) is 26.3 Å². The van der Waals surface area contributed by atoms with Gasteiger partial charge in [-0.25, -0.2) is 41.1 Å². The van der Waals surface area contributed by atoms with E-state index in [1.165, 1.54) is 50.9 Å². The van der Waals surface area contributed by atoms with E-state index in [0.29, 0.717) is 16.4 Å². The van der Waals surface area contributed by atoms with Crippen molar-refractivity contribution in [1.82, 2.24) is 19.9 Å². The van der Waals surface area contributed by atoms with Gasteiger partial charge in [0.05, 0.1) is 77.7 Å². The molecule has 0 fully saturated rings. The van der Waals surface area contributed by atoms with E-state index >= 15 is 0 Å². The molecular weight excluding hydrogens is 1030 g/mol. The van der Waals surface area contributed by atoms with Crippen molar-refractivity contribution in [2.24, 2.45) is 0 Å². The highest BCUT2D eigenvalue weighted by molar-refractivity contribution is 7.93. The fraction of sp³-hybridized carbons (Fsp3) is 0.150. The second kappa shape index (κ2) is 21.0. The first-order valence-corrected chi connectivity index (χ1v) is 22.5. The molecule has 0 unspecified atom stereocenters. The number of methoxy groups -OCH3 is 3. The molecule has 67 heavy (non-hydrogen) atoms. The highest BCUT2D eigenvalue weighted by Crippen LogP contribution is 2.39. The number of carbonyl (C=O) groups excluding carboxylic acids is 2. The van der Waals surface area contributed by atoms with E-state index in [-0.39, 0.29) is 55.7 Å². The van der Waals surface area contributed by atoms with E-state index in [0.717, 1.165) is 55.9 Å². The second-order valence-electron chi connectivity index (χ2n) is 13.0. The average molecular weight is 1060 g/mol. The van der Waals surface area contributed by atoms with E-state index in [1.807, 2.05) is 0 Å². The van der Waals surface area contributed by atoms with Gasteiger partial charge in [0.15, 0.2) is 0 Å². The summed E-state index contributed by atoms with van der Waals surface area (Å²) in [6.45, 7) is -0.682. The number of rotatable bonds is 14. The van der Waals surface area contributed by atoms with Gasteiger partial charge in [0.1, 0.15) is 18.1 Å². The molecule has 27 heteroatoms. The van der Waals surface area contributed by atoms with Crippen LogP contribution in [-0.4, -0.2) is 76.4 Å². The summed E-state index contributed by atoms with van der Waals surface area (Å²) in [6, 6.07) is 12.1. The van der Waals surface area contributed by atoms with Crippen molar-refractivity contribution in [2.45, 2.75) is 22.1 Å². The molecule has 0 aliphatic rings. The van der Waals surface area contributed by atoms with Crippen molar-refractivity contribution in [2.75, 3.05) is 37.1 Å². The number of ketones is 2. The van der Waals surface area contributed by atoms with E-state index in [9.17, 15) is 52.8 Å². The summed E-state index contributed by atoms with van der Waals surface area (Å²) in [4.78, 5) is 40.5. The van der Waals surface area contributed by atoms with Gasteiger partial charge < -0.3 is 14.2 Å². The van der Waals surface area contributed by atoms with Gasteiger partial charge in [0.2, 0.25) is 23.3 Å². The minimum Gasteiger partial charge on any atom is -0.480 e. The molecule has 0 spiro atoms. The molecule has 4 heterocycles. The van der Waals surface area contributed by atoms with Crippen molar-refractivity contribution < 1.29 is 67.0 Å². The standard InChI is InChI=1S/C21H16Cl2F3N3O5S.C19H12Cl2F3N3O4S/c1-33-11-29(35(31,32)13-5-6-16(23)15(9-13)21(24,25)26)17-8-12(22)10-28-18(17)19(30)14-4-3-7-27-20(14)34-2;1-31-18-12(3-2-6-25-18)17(28)16-15(7-10(20)9-26-16)27-32(29,30)11-4-5-14(21)13(8-11)19(22,23)24/h3-10H,11H2,1-2H3;2-9,27H,1H3. The Kier molecular flexibility index (Phi) is 16.3. The molecule has 2 aromatic carbocycles. The number of nitrogens with zero attached hydrogens (tertiary/aromatic N) is 5. The summed E-state index contributed by atoms with van der Waals surface area (Å²) in [5.41, 5.74) is -4.17. The maximum Gasteiger partial charge on any atom is 0.417 e. The van der Waals surface area contributed by atoms with Crippen LogP contribution in [0, 0.1) is 0 Å². The zero-order valence-electron chi connectivity index (χ0n) is 34.0. The predicted octanol–water partition coefficient (Wildman–Crippen LogP) is 9.68. The number of hydrogen-bond donors (Lipinski definition) is 1. The number of sulfonamides is 2. The molecule has 6 aromatic rings. The Morgan fingerprint density at radius 1 is 0.642 bits per heavy atom. The Morgan fingerprint density at radius 2 is 1.10 bits per heavy atom. The third-order valence-electron chi connectivity index (χ3n) is 8.68. The van der Waals surface area contributed by atoms with Crippen molar-refractivity contribution in [3.63, 3.8) is 0 Å². The Bertz CT molecular complexity index is 3080. The predicted molar refractivity (Wildman–Crippen MR) is 232 cm³/mol. The van der Waals surface area contributed by atoms with E-state index < -0.39 is 81.7 Å². The highest BCUT2D eigenvalue weighted by atomic mass is 35.5. The molecule has 0 amide bonds. The zero-order valence-corrected chi connectivity index (χ0v) is 38.6. The molecular formula is C40H28Cl4F6N6O9S2. The smallest absolute Gasteiger partial charge is 0.417 e. The van der Waals surface area contributed by atoms with Gasteiger partial charge in [-0.15, -0.1) is 0 Å². The number of halogens is 10. The molecule has 4 aromatic heterocycles. The van der Waals surface area contributed by atoms with Crippen LogP contribution in [0.15, 0.2) is 107 Å². The van der Waals surface area contributed by atoms with Crippen LogP contribution in [0.3, 0.4) is 0 Å². The molecule has 0 saturated heterocycles. The van der Waals surface area contributed by atoms with Crippen molar-refractivity contribution in [1.29, 1.82) is 0 Å². The van der Waals surface area contributed by atoms with E-state index in [4.69, 9.17) is 60.6 Å². The molecule has 354 valence electrons. The molecule has 0 aliphatic heterocycles. The lowest BCUT2D eigenvalue weighted by Gasteiger charge is -2.25. The highest BCUT2D eigenvalue weighted by Gasteiger charge is 2.38. The zero-order chi connectivity index (χ0) is 49.6. The van der Waals surface area contributed by atoms with Gasteiger partial charge >= 0.3 is 12.4 Å². The fourth-order valence-corrected chi connectivity index (χ4v) is 8.93. The normalized spacial score (nSPS) is 11.8. The van der Waals surface area contributed by atoms with Gasteiger partial charge in [-0.3, -0.25) is 14.3 Å². The Morgan fingerprint density at radius 3 is 1.60 bits per heavy atom. The number of nitrogens with one attached hydrogen (secondary N) is 1. The maximum absolute atomic E-state index is 13.5. The number of carbonyl (C=O) groups is 2. The molecule has 0 saturated carbocycles. The Labute approximate surface area is 396 Å². The van der Waals surface area contributed by atoms with Crippen molar-refractivity contribution in [3.8, 4) is 11.8 Å². The number of pyridine rings is 4. The van der Waals surface area contributed by atoms with Crippen LogP contribution in [0.1, 0.15) is 43.2 Å². The average Bonchev–Trinajstić information content (AvgIpc) is 3.27. The van der Waals surface area contributed by atoms with Gasteiger partial charge in [-0.05, 0) is 72.8 Å². The molecule has 0 atom stereocenters. The number of benzene rings is 2. The van der Waals surface area contributed by atoms with Crippen LogP contribution in [0.4, 0.5) is 37.7 Å². The number of alkyl halides is 6. The van der Waals surface area contributed by atoms with Gasteiger partial charge in [0.25, 0.3) is 20.0 Å². The number of hydrogen-bond acceptors (Lipinski definition) is 13. The molecule has 0 bridgehead atoms. The monoisotopic (exact) mass is 1050 g/mol. The minimum atomic E-state index is -4.91. The van der Waals surface area contributed by atoms with Gasteiger partial charge in [-0.1, -0.05) is 46.4 Å². The van der Waals surface area contributed by atoms with Crippen LogP contribution in [0.25, 0.3) is 0 Å². The Hall–Kier alpha value is -5.82. The summed E-state index contributed by atoms with van der Waals surface area (Å²) in [5.74, 6) is -1.61. The van der Waals surface area contributed by atoms with Crippen LogP contribution in [0.2, 0.25) is 20.1 Å². The molecule has 1 N–H and O–H groups in total. The minimum absolute atomic E-state index is 0.0175. The first-order valence-electron chi connectivity index (χ1n) is 18.0. The first kappa shape index (κ1) is 52.2. The Balaban J connectivity index is 0.000000252. The summed E-state index contributed by atoms with van der Waals surface area (Å²) >= 11 is 23.1. The molecule has 6 rings (SSSR count). The van der Waals surface area contributed by atoms with Crippen LogP contribution in [-0.2, 0) is 37.1 Å². The maximum atomic E-state index is 13.5. The van der Waals surface area contributed by atoms with Crippen LogP contribution >= 0.6 is 46.4 Å². The topological polar surface area (TPSA) is 197 Å². The lowest BCUT2D eigenvalue weighted by molar-refractivity contribution is -0.138. The molecule has 0 aliphatic carbocycles. The van der Waals surface area contributed by atoms with Crippen molar-refractivity contribution >= 4 is 89.4 Å².